The van der Waals surface area contributed by atoms with E-state index in [0.717, 1.165) is 21.6 Å². The van der Waals surface area contributed by atoms with Crippen molar-refractivity contribution < 1.29 is 84.0 Å². The normalized spacial score (nSPS) is 24.3. The maximum absolute atomic E-state index is 14.6. The Balaban J connectivity index is 1.19. The van der Waals surface area contributed by atoms with Crippen LogP contribution in [-0.2, 0) is 56.0 Å². The van der Waals surface area contributed by atoms with Crippen LogP contribution < -0.4 is 37.6 Å². The third-order valence-electron chi connectivity index (χ3n) is 14.4. The number of benzene rings is 2. The Morgan fingerprint density at radius 3 is 1.59 bits per heavy atom. The van der Waals surface area contributed by atoms with Crippen molar-refractivity contribution in [3.63, 3.8) is 0 Å². The Hall–Kier alpha value is -7.01. The highest BCUT2D eigenvalue weighted by molar-refractivity contribution is 5.99. The predicted molar refractivity (Wildman–Crippen MR) is 272 cm³/mol. The summed E-state index contributed by atoms with van der Waals surface area (Å²) < 4.78 is 0. The van der Waals surface area contributed by atoms with Crippen LogP contribution in [0, 0.1) is 0 Å². The summed E-state index contributed by atoms with van der Waals surface area (Å²) in [6.45, 7) is -0.113. The number of carbonyl (C=O) groups excluding carboxylic acids is 8. The lowest BCUT2D eigenvalue weighted by Crippen LogP contribution is -2.62. The van der Waals surface area contributed by atoms with Crippen LogP contribution in [0.3, 0.4) is 0 Å². The molecular formula is C51H72N10O17. The maximum atomic E-state index is 14.6. The lowest BCUT2D eigenvalue weighted by atomic mass is 10.0. The van der Waals surface area contributed by atoms with Gasteiger partial charge in [0, 0.05) is 51.7 Å². The van der Waals surface area contributed by atoms with Crippen LogP contribution in [-0.4, -0.2) is 227 Å². The first-order chi connectivity index (χ1) is 37.1. The van der Waals surface area contributed by atoms with Crippen molar-refractivity contribution in [2.45, 2.75) is 150 Å². The summed E-state index contributed by atoms with van der Waals surface area (Å²) in [6, 6.07) is -1.63. The van der Waals surface area contributed by atoms with Gasteiger partial charge < -0.3 is 93.2 Å². The molecule has 0 spiro atoms. The monoisotopic (exact) mass is 1100 g/mol. The number of phenolic OH excluding ortho intramolecular Hbond substituents is 2. The molecule has 0 unspecified atom stereocenters. The number of β-amino-alcohol motifs (C(OH)–C–C–N with tert-alkyl or cyclic N) is 3. The minimum absolute atomic E-state index is 0.0288. The highest BCUT2D eigenvalue weighted by Crippen LogP contribution is 2.28. The van der Waals surface area contributed by atoms with Gasteiger partial charge in [0.2, 0.25) is 47.3 Å². The number of rotatable bonds is 24. The second-order valence-corrected chi connectivity index (χ2v) is 20.4. The van der Waals surface area contributed by atoms with Gasteiger partial charge in [-0.1, -0.05) is 24.3 Å². The minimum atomic E-state index is -1.85. The fourth-order valence-corrected chi connectivity index (χ4v) is 10.2. The standard InChI is InChI=1S/C51H72N10O17/c1-26(63)42(47(73)56-37(18-28-9-13-30(65)14-10-28)48(74)59-22-31(66)19-39(59)45(71)54-35(51(77)78)5-2-3-15-52)58-46(72)40-20-32(67)23-60(40)50(76)41-21-33(68)24-61(41)49(75)36(17-27-7-11-29(64)12-8-27)55-44(70)38(25-62)57-43(69)34-6-4-16-53-34/h7-14,26,31-42,53,62-68H,2-6,15-25,52H2,1H3,(H,54,71)(H,55,70)(H,56,73)(H,57,69)(H,58,72)(H,77,78)/t26-,31-,32-,33-,34+,35+,36+,37+,38+,39+,40+,41+,42+/m1/s1. The quantitative estimate of drug-likeness (QED) is 0.0436. The van der Waals surface area contributed by atoms with Crippen molar-refractivity contribution in [1.82, 2.24) is 46.6 Å². The number of amides is 8. The van der Waals surface area contributed by atoms with E-state index < -0.39 is 165 Å². The van der Waals surface area contributed by atoms with Crippen molar-refractivity contribution in [3.8, 4) is 11.5 Å². The van der Waals surface area contributed by atoms with Gasteiger partial charge >= 0.3 is 5.97 Å². The Labute approximate surface area is 448 Å². The first kappa shape index (κ1) is 60.2. The molecular weight excluding hydrogens is 1020 g/mol. The number of carboxylic acid groups (broad SMARTS) is 1. The number of carboxylic acids is 1. The van der Waals surface area contributed by atoms with E-state index in [1.807, 2.05) is 0 Å². The summed E-state index contributed by atoms with van der Waals surface area (Å²) in [5.74, 6) is -8.82. The zero-order chi connectivity index (χ0) is 57.0. The minimum Gasteiger partial charge on any atom is -0.508 e. The number of nitrogens with zero attached hydrogens (tertiary/aromatic N) is 3. The van der Waals surface area contributed by atoms with E-state index in [9.17, 15) is 84.0 Å². The predicted octanol–water partition coefficient (Wildman–Crippen LogP) is -5.47. The van der Waals surface area contributed by atoms with Crippen molar-refractivity contribution in [2.75, 3.05) is 39.3 Å². The lowest BCUT2D eigenvalue weighted by molar-refractivity contribution is -0.148. The molecule has 0 bridgehead atoms. The van der Waals surface area contributed by atoms with E-state index in [4.69, 9.17) is 5.73 Å². The highest BCUT2D eigenvalue weighted by atomic mass is 16.4. The Kier molecular flexibility index (Phi) is 21.3. The van der Waals surface area contributed by atoms with Gasteiger partial charge in [0.15, 0.2) is 0 Å². The van der Waals surface area contributed by atoms with Gasteiger partial charge in [0.1, 0.15) is 59.8 Å². The molecule has 2 aromatic rings. The highest BCUT2D eigenvalue weighted by Gasteiger charge is 2.49. The number of phenols is 2. The number of unbranched alkanes of at least 4 members (excludes halogenated alkanes) is 1. The third kappa shape index (κ3) is 15.6. The number of hydrogen-bond donors (Lipinski definition) is 15. The number of likely N-dealkylation sites (tertiary alicyclic amines) is 3. The molecule has 4 heterocycles. The molecule has 4 aliphatic heterocycles. The Morgan fingerprint density at radius 2 is 1.10 bits per heavy atom. The van der Waals surface area contributed by atoms with E-state index >= 15 is 0 Å². The molecule has 78 heavy (non-hydrogen) atoms. The SMILES string of the molecule is C[C@@H](O)[C@H](NC(=O)[C@@H]1C[C@@H](O)CN1C(=O)[C@@H]1C[C@@H](O)CN1C(=O)[C@H](Cc1ccc(O)cc1)NC(=O)[C@H](CO)NC(=O)[C@@H]1CCCN1)C(=O)N[C@@H](Cc1ccc(O)cc1)C(=O)N1C[C@H](O)C[C@H]1C(=O)N[C@@H](CCCCN)C(=O)O. The van der Waals surface area contributed by atoms with Crippen molar-refractivity contribution in [1.29, 1.82) is 0 Å². The number of nitrogens with two attached hydrogens (primary N) is 1. The summed E-state index contributed by atoms with van der Waals surface area (Å²) in [5, 5.41) is 98.8. The number of nitrogens with one attached hydrogen (secondary N) is 6. The van der Waals surface area contributed by atoms with Crippen molar-refractivity contribution in [3.05, 3.63) is 59.7 Å². The van der Waals surface area contributed by atoms with Gasteiger partial charge in [0.05, 0.1) is 37.1 Å². The van der Waals surface area contributed by atoms with E-state index in [-0.39, 0.29) is 50.1 Å². The van der Waals surface area contributed by atoms with Crippen LogP contribution in [0.15, 0.2) is 48.5 Å². The number of hydrogen-bond acceptors (Lipinski definition) is 18. The molecule has 27 heteroatoms. The molecule has 0 radical (unpaired) electrons. The maximum Gasteiger partial charge on any atom is 0.326 e. The van der Waals surface area contributed by atoms with E-state index in [2.05, 4.69) is 31.9 Å². The van der Waals surface area contributed by atoms with Gasteiger partial charge in [0.25, 0.3) is 0 Å². The van der Waals surface area contributed by atoms with Crippen molar-refractivity contribution >= 4 is 53.2 Å². The summed E-state index contributed by atoms with van der Waals surface area (Å²) in [5.41, 5.74) is 6.37. The van der Waals surface area contributed by atoms with Gasteiger partial charge in [-0.2, -0.15) is 0 Å². The summed E-state index contributed by atoms with van der Waals surface area (Å²) in [7, 11) is 0. The van der Waals surface area contributed by atoms with Gasteiger partial charge in [-0.25, -0.2) is 4.79 Å². The van der Waals surface area contributed by atoms with Gasteiger partial charge in [-0.3, -0.25) is 38.4 Å². The van der Waals surface area contributed by atoms with Crippen LogP contribution in [0.5, 0.6) is 11.5 Å². The molecule has 27 nitrogen and oxygen atoms in total. The molecule has 6 rings (SSSR count). The zero-order valence-electron chi connectivity index (χ0n) is 43.1. The number of aliphatic carboxylic acids is 1. The molecule has 4 fully saturated rings. The van der Waals surface area contributed by atoms with Gasteiger partial charge in [-0.15, -0.1) is 0 Å². The molecule has 8 amide bonds. The number of aliphatic hydroxyl groups is 5. The van der Waals surface area contributed by atoms with Crippen LogP contribution in [0.4, 0.5) is 0 Å². The average molecular weight is 1100 g/mol. The molecule has 16 N–H and O–H groups in total. The number of carbonyl (C=O) groups is 9. The number of aliphatic hydroxyl groups excluding tert-OH is 5. The Morgan fingerprint density at radius 1 is 0.628 bits per heavy atom. The molecule has 428 valence electrons. The molecule has 0 aromatic heterocycles. The fourth-order valence-electron chi connectivity index (χ4n) is 10.2. The molecule has 2 aromatic carbocycles. The lowest BCUT2D eigenvalue weighted by Gasteiger charge is -2.34. The summed E-state index contributed by atoms with van der Waals surface area (Å²) in [4.78, 5) is 127. The summed E-state index contributed by atoms with van der Waals surface area (Å²) in [6.07, 6.45) is -5.00. The van der Waals surface area contributed by atoms with Crippen LogP contribution in [0.2, 0.25) is 0 Å². The number of aromatic hydroxyl groups is 2. The second kappa shape index (κ2) is 27.5. The molecule has 0 saturated carbocycles. The van der Waals surface area contributed by atoms with Gasteiger partial charge in [-0.05, 0) is 87.5 Å². The second-order valence-electron chi connectivity index (χ2n) is 20.4. The first-order valence-electron chi connectivity index (χ1n) is 26.1. The topological polar surface area (TPSA) is 423 Å². The van der Waals surface area contributed by atoms with E-state index in [1.165, 1.54) is 48.5 Å². The van der Waals surface area contributed by atoms with Crippen molar-refractivity contribution in [2.24, 2.45) is 5.73 Å². The molecule has 4 saturated heterocycles. The third-order valence-corrected chi connectivity index (χ3v) is 14.4. The molecule has 13 atom stereocenters. The van der Waals surface area contributed by atoms with E-state index in [1.54, 1.807) is 0 Å². The fraction of sp³-hybridized carbons (Fsp3) is 0.588. The largest absolute Gasteiger partial charge is 0.508 e. The Bertz CT molecular complexity index is 2460. The smallest absolute Gasteiger partial charge is 0.326 e. The average Bonchev–Trinajstić information content (AvgIpc) is 4.25. The van der Waals surface area contributed by atoms with Crippen LogP contribution in [0.1, 0.15) is 69.4 Å². The van der Waals surface area contributed by atoms with Crippen LogP contribution >= 0.6 is 0 Å². The van der Waals surface area contributed by atoms with E-state index in [0.29, 0.717) is 43.4 Å². The first-order valence-corrected chi connectivity index (χ1v) is 26.1. The molecule has 0 aliphatic carbocycles. The summed E-state index contributed by atoms with van der Waals surface area (Å²) >= 11 is 0. The van der Waals surface area contributed by atoms with Crippen LogP contribution in [0.25, 0.3) is 0 Å². The zero-order valence-corrected chi connectivity index (χ0v) is 43.1. The molecule has 4 aliphatic rings.